The van der Waals surface area contributed by atoms with Crippen molar-refractivity contribution < 1.29 is 18.3 Å². The van der Waals surface area contributed by atoms with Gasteiger partial charge in [0.2, 0.25) is 0 Å². The number of nitrogens with one attached hydrogen (secondary N) is 2. The molecule has 0 saturated carbocycles. The van der Waals surface area contributed by atoms with E-state index in [1.54, 1.807) is 12.3 Å². The average Bonchev–Trinajstić information content (AvgIpc) is 3.52. The average molecular weight is 509 g/mol. The minimum absolute atomic E-state index is 0.194. The van der Waals surface area contributed by atoms with E-state index in [-0.39, 0.29) is 29.5 Å². The first-order chi connectivity index (χ1) is 18.0. The van der Waals surface area contributed by atoms with E-state index < -0.39 is 11.6 Å². The number of hydrogen-bond acceptors (Lipinski definition) is 6. The monoisotopic (exact) mass is 508 g/mol. The van der Waals surface area contributed by atoms with Crippen molar-refractivity contribution in [2.45, 2.75) is 25.5 Å². The Morgan fingerprint density at radius 3 is 2.65 bits per heavy atom. The van der Waals surface area contributed by atoms with E-state index in [0.29, 0.717) is 29.5 Å². The van der Waals surface area contributed by atoms with Gasteiger partial charge < -0.3 is 15.5 Å². The third kappa shape index (κ3) is 5.12. The molecular formula is C27H30F2N6O2. The van der Waals surface area contributed by atoms with Gasteiger partial charge in [-0.2, -0.15) is 0 Å². The molecule has 2 aliphatic heterocycles. The van der Waals surface area contributed by atoms with E-state index in [4.69, 9.17) is 10.1 Å². The van der Waals surface area contributed by atoms with Crippen LogP contribution in [0.4, 0.5) is 8.78 Å². The topological polar surface area (TPSA) is 86.0 Å². The van der Waals surface area contributed by atoms with Crippen molar-refractivity contribution in [1.82, 2.24) is 24.5 Å². The maximum atomic E-state index is 14.1. The molecule has 0 aliphatic carbocycles. The van der Waals surface area contributed by atoms with Gasteiger partial charge in [0.1, 0.15) is 23.9 Å². The van der Waals surface area contributed by atoms with Crippen LogP contribution in [0.3, 0.4) is 0 Å². The first kappa shape index (κ1) is 25.0. The fraction of sp³-hybridized carbons (Fsp3) is 0.370. The molecule has 0 bridgehead atoms. The van der Waals surface area contributed by atoms with E-state index in [0.717, 1.165) is 38.0 Å². The molecular weight excluding hydrogens is 478 g/mol. The number of fused-ring (bicyclic) bond motifs is 1. The first-order valence-electron chi connectivity index (χ1n) is 12.5. The smallest absolute Gasteiger partial charge is 0.270 e. The van der Waals surface area contributed by atoms with E-state index in [2.05, 4.69) is 26.7 Å². The zero-order valence-electron chi connectivity index (χ0n) is 20.6. The molecule has 1 amide bonds. The third-order valence-electron chi connectivity index (χ3n) is 7.05. The summed E-state index contributed by atoms with van der Waals surface area (Å²) < 4.78 is 35.5. The molecule has 1 aromatic carbocycles. The summed E-state index contributed by atoms with van der Waals surface area (Å²) in [6.45, 7) is 9.07. The summed E-state index contributed by atoms with van der Waals surface area (Å²) in [7, 11) is 0. The number of benzene rings is 1. The molecule has 3 aromatic rings. The zero-order chi connectivity index (χ0) is 25.9. The predicted molar refractivity (Wildman–Crippen MR) is 137 cm³/mol. The van der Waals surface area contributed by atoms with Gasteiger partial charge in [0.15, 0.2) is 11.4 Å². The quantitative estimate of drug-likeness (QED) is 0.411. The third-order valence-corrected chi connectivity index (χ3v) is 7.05. The number of amides is 1. The second-order valence-electron chi connectivity index (χ2n) is 9.43. The van der Waals surface area contributed by atoms with Crippen LogP contribution < -0.4 is 10.1 Å². The van der Waals surface area contributed by atoms with Crippen LogP contribution in [0.15, 0.2) is 37.0 Å². The van der Waals surface area contributed by atoms with Crippen molar-refractivity contribution in [3.05, 3.63) is 71.2 Å². The number of halogens is 2. The van der Waals surface area contributed by atoms with Crippen molar-refractivity contribution in [2.75, 3.05) is 39.3 Å². The van der Waals surface area contributed by atoms with Gasteiger partial charge in [-0.05, 0) is 50.2 Å². The molecule has 0 unspecified atom stereocenters. The lowest BCUT2D eigenvalue weighted by Crippen LogP contribution is -2.59. The number of hydrogen-bond donors (Lipinski definition) is 2. The molecule has 2 aliphatic rings. The van der Waals surface area contributed by atoms with E-state index in [1.165, 1.54) is 42.5 Å². The molecule has 0 atom stereocenters. The summed E-state index contributed by atoms with van der Waals surface area (Å²) in [6.07, 6.45) is 6.74. The molecule has 2 fully saturated rings. The van der Waals surface area contributed by atoms with Gasteiger partial charge in [0, 0.05) is 50.2 Å². The number of imidazole rings is 1. The lowest BCUT2D eigenvalue weighted by molar-refractivity contribution is 0.0486. The van der Waals surface area contributed by atoms with Gasteiger partial charge in [-0.3, -0.25) is 19.0 Å². The van der Waals surface area contributed by atoms with Crippen LogP contribution in [0.25, 0.3) is 11.7 Å². The van der Waals surface area contributed by atoms with Gasteiger partial charge in [-0.1, -0.05) is 12.6 Å². The van der Waals surface area contributed by atoms with Crippen LogP contribution >= 0.6 is 0 Å². The highest BCUT2D eigenvalue weighted by Crippen LogP contribution is 2.26. The fourth-order valence-electron chi connectivity index (χ4n) is 5.00. The highest BCUT2D eigenvalue weighted by molar-refractivity contribution is 5.97. The van der Waals surface area contributed by atoms with E-state index in [1.807, 2.05) is 0 Å². The Kier molecular flexibility index (Phi) is 7.29. The number of ether oxygens (including phenoxy) is 1. The Bertz CT molecular complexity index is 1310. The lowest BCUT2D eigenvalue weighted by atomic mass is 10.1. The molecule has 0 radical (unpaired) electrons. The standard InChI is InChI=1S/C27H30F2N6O2/c1-2-23-25(27(36)31-8-11-33-15-19(16-33)34-9-3-4-10-34)35-14-18(13-30)12-24(26(35)32-23)37-17-20-21(28)6-5-7-22(20)29/h2,5-7,12-14,19,30H,1,3-4,8-11,15-17H2,(H,31,36). The lowest BCUT2D eigenvalue weighted by Gasteiger charge is -2.44. The Balaban J connectivity index is 1.30. The van der Waals surface area contributed by atoms with Gasteiger partial charge in [-0.15, -0.1) is 0 Å². The molecule has 8 nitrogen and oxygen atoms in total. The second kappa shape index (κ2) is 10.8. The maximum absolute atomic E-state index is 14.1. The molecule has 194 valence electrons. The number of rotatable bonds is 10. The van der Waals surface area contributed by atoms with Crippen LogP contribution in [0, 0.1) is 17.0 Å². The van der Waals surface area contributed by atoms with E-state index >= 15 is 0 Å². The van der Waals surface area contributed by atoms with Gasteiger partial charge >= 0.3 is 0 Å². The van der Waals surface area contributed by atoms with Crippen molar-refractivity contribution >= 4 is 23.8 Å². The largest absolute Gasteiger partial charge is 0.485 e. The number of carbonyl (C=O) groups is 1. The number of likely N-dealkylation sites (tertiary alicyclic amines) is 2. The molecule has 0 spiro atoms. The Morgan fingerprint density at radius 2 is 1.97 bits per heavy atom. The van der Waals surface area contributed by atoms with Crippen LogP contribution in [0.2, 0.25) is 0 Å². The molecule has 2 aromatic heterocycles. The Morgan fingerprint density at radius 1 is 1.24 bits per heavy atom. The molecule has 37 heavy (non-hydrogen) atoms. The number of carbonyl (C=O) groups excluding carboxylic acids is 1. The summed E-state index contributed by atoms with van der Waals surface area (Å²) >= 11 is 0. The van der Waals surface area contributed by atoms with Crippen LogP contribution in [-0.2, 0) is 6.61 Å². The Hall–Kier alpha value is -3.63. The van der Waals surface area contributed by atoms with Crippen molar-refractivity contribution in [2.24, 2.45) is 0 Å². The number of pyridine rings is 1. The van der Waals surface area contributed by atoms with Gasteiger partial charge in [0.05, 0.1) is 11.3 Å². The number of nitrogens with zero attached hydrogens (tertiary/aromatic N) is 4. The highest BCUT2D eigenvalue weighted by Gasteiger charge is 2.32. The minimum Gasteiger partial charge on any atom is -0.485 e. The maximum Gasteiger partial charge on any atom is 0.270 e. The van der Waals surface area contributed by atoms with Crippen LogP contribution in [0.1, 0.15) is 40.2 Å². The second-order valence-corrected chi connectivity index (χ2v) is 9.43. The van der Waals surface area contributed by atoms with Crippen molar-refractivity contribution in [3.63, 3.8) is 0 Å². The zero-order valence-corrected chi connectivity index (χ0v) is 20.6. The summed E-state index contributed by atoms with van der Waals surface area (Å²) in [5, 5.41) is 10.7. The Labute approximate surface area is 214 Å². The van der Waals surface area contributed by atoms with Gasteiger partial charge in [-0.25, -0.2) is 13.8 Å². The van der Waals surface area contributed by atoms with Gasteiger partial charge in [0.25, 0.3) is 5.91 Å². The minimum atomic E-state index is -0.719. The van der Waals surface area contributed by atoms with Crippen LogP contribution in [-0.4, -0.2) is 76.6 Å². The molecule has 2 N–H and O–H groups in total. The summed E-state index contributed by atoms with van der Waals surface area (Å²) in [5.74, 6) is -1.57. The highest BCUT2D eigenvalue weighted by atomic mass is 19.1. The summed E-state index contributed by atoms with van der Waals surface area (Å²) in [4.78, 5) is 22.6. The molecule has 5 rings (SSSR count). The SMILES string of the molecule is C=Cc1nc2c(OCc3c(F)cccc3F)cc(C=N)cn2c1C(=O)NCCN1CC(N2CCCC2)C1. The van der Waals surface area contributed by atoms with E-state index in [9.17, 15) is 13.6 Å². The summed E-state index contributed by atoms with van der Waals surface area (Å²) in [5.41, 5.74) is 1.12. The van der Waals surface area contributed by atoms with Crippen molar-refractivity contribution in [1.29, 1.82) is 5.41 Å². The molecule has 4 heterocycles. The fourth-order valence-corrected chi connectivity index (χ4v) is 5.00. The number of aromatic nitrogens is 2. The van der Waals surface area contributed by atoms with Crippen LogP contribution in [0.5, 0.6) is 5.75 Å². The predicted octanol–water partition coefficient (Wildman–Crippen LogP) is 3.34. The van der Waals surface area contributed by atoms with Crippen molar-refractivity contribution in [3.8, 4) is 5.75 Å². The normalized spacial score (nSPS) is 16.6. The summed E-state index contributed by atoms with van der Waals surface area (Å²) in [6, 6.07) is 5.77. The molecule has 2 saturated heterocycles. The first-order valence-corrected chi connectivity index (χ1v) is 12.5. The molecule has 10 heteroatoms.